The first-order chi connectivity index (χ1) is 15.0. The molecule has 2 aromatic rings. The van der Waals surface area contributed by atoms with Crippen LogP contribution in [0.3, 0.4) is 0 Å². The Hall–Kier alpha value is -2.31. The predicted octanol–water partition coefficient (Wildman–Crippen LogP) is 4.94. The number of rotatable bonds is 4. The number of benzene rings is 2. The first-order valence-electron chi connectivity index (χ1n) is 11.2. The number of para-hydroxylation sites is 1. The van der Waals surface area contributed by atoms with Crippen molar-refractivity contribution in [1.82, 2.24) is 4.31 Å². The lowest BCUT2D eigenvalue weighted by Gasteiger charge is -2.38. The fourth-order valence-electron chi connectivity index (χ4n) is 5.34. The molecule has 0 spiro atoms. The van der Waals surface area contributed by atoms with Gasteiger partial charge in [0.2, 0.25) is 10.0 Å². The molecule has 1 N–H and O–H groups in total. The van der Waals surface area contributed by atoms with Crippen LogP contribution in [0.25, 0.3) is 0 Å². The van der Waals surface area contributed by atoms with Crippen molar-refractivity contribution in [2.24, 2.45) is 11.8 Å². The summed E-state index contributed by atoms with van der Waals surface area (Å²) in [5.74, 6) is 2.00. The molecule has 3 aliphatic rings. The minimum atomic E-state index is -3.46. The Morgan fingerprint density at radius 3 is 2.61 bits per heavy atom. The first-order valence-corrected chi connectivity index (χ1v) is 12.6. The van der Waals surface area contributed by atoms with Gasteiger partial charge in [-0.25, -0.2) is 8.42 Å². The second-order valence-corrected chi connectivity index (χ2v) is 11.0. The summed E-state index contributed by atoms with van der Waals surface area (Å²) < 4.78 is 33.9. The summed E-state index contributed by atoms with van der Waals surface area (Å²) in [7, 11) is -1.76. The number of sulfonamides is 1. The van der Waals surface area contributed by atoms with E-state index in [1.165, 1.54) is 0 Å². The molecule has 1 saturated heterocycles. The van der Waals surface area contributed by atoms with E-state index < -0.39 is 10.0 Å². The average Bonchev–Trinajstić information content (AvgIpc) is 3.29. The van der Waals surface area contributed by atoms with Crippen molar-refractivity contribution in [2.75, 3.05) is 25.5 Å². The van der Waals surface area contributed by atoms with Crippen LogP contribution in [-0.4, -0.2) is 32.9 Å². The van der Waals surface area contributed by atoms with E-state index >= 15 is 0 Å². The second kappa shape index (κ2) is 7.99. The standard InChI is InChI=1S/C25H30N2O3S/c1-17-12-14-27(15-13-17)31(28,29)18-10-11-23-22(16-18)19-7-5-8-20(19)25(26-23)21-6-3-4-9-24(21)30-2/h3-7,9-11,16-17,19-20,25-26H,8,12-15H2,1-2H3. The minimum Gasteiger partial charge on any atom is -0.496 e. The molecule has 0 aromatic heterocycles. The van der Waals surface area contributed by atoms with Crippen molar-refractivity contribution in [3.8, 4) is 5.75 Å². The van der Waals surface area contributed by atoms with Crippen LogP contribution >= 0.6 is 0 Å². The SMILES string of the molecule is COc1ccccc1C1Nc2ccc(S(=O)(=O)N3CCC(C)CC3)cc2C2C=CCC21. The lowest BCUT2D eigenvalue weighted by atomic mass is 9.77. The molecule has 2 aromatic carbocycles. The van der Waals surface area contributed by atoms with Crippen LogP contribution in [0.5, 0.6) is 5.75 Å². The third-order valence-electron chi connectivity index (χ3n) is 7.19. The monoisotopic (exact) mass is 438 g/mol. The molecule has 164 valence electrons. The van der Waals surface area contributed by atoms with Crippen LogP contribution in [-0.2, 0) is 10.0 Å². The van der Waals surface area contributed by atoms with E-state index in [4.69, 9.17) is 4.74 Å². The van der Waals surface area contributed by atoms with Gasteiger partial charge in [0.25, 0.3) is 0 Å². The maximum Gasteiger partial charge on any atom is 0.243 e. The lowest BCUT2D eigenvalue weighted by Crippen LogP contribution is -2.38. The molecule has 0 amide bonds. The molecule has 3 atom stereocenters. The van der Waals surface area contributed by atoms with Gasteiger partial charge < -0.3 is 10.1 Å². The minimum absolute atomic E-state index is 0.120. The number of nitrogens with one attached hydrogen (secondary N) is 1. The molecule has 2 heterocycles. The molecule has 31 heavy (non-hydrogen) atoms. The number of ether oxygens (including phenoxy) is 1. The fourth-order valence-corrected chi connectivity index (χ4v) is 6.84. The normalized spacial score (nSPS) is 26.2. The average molecular weight is 439 g/mol. The van der Waals surface area contributed by atoms with E-state index in [-0.39, 0.29) is 12.0 Å². The molecule has 0 saturated carbocycles. The summed E-state index contributed by atoms with van der Waals surface area (Å²) in [6.45, 7) is 3.42. The van der Waals surface area contributed by atoms with Crippen LogP contribution < -0.4 is 10.1 Å². The summed E-state index contributed by atoms with van der Waals surface area (Å²) in [5.41, 5.74) is 3.24. The zero-order chi connectivity index (χ0) is 21.6. The molecule has 6 heteroatoms. The smallest absolute Gasteiger partial charge is 0.243 e. The summed E-state index contributed by atoms with van der Waals surface area (Å²) in [4.78, 5) is 0.414. The highest BCUT2D eigenvalue weighted by atomic mass is 32.2. The number of hydrogen-bond acceptors (Lipinski definition) is 4. The van der Waals surface area contributed by atoms with Gasteiger partial charge in [-0.3, -0.25) is 0 Å². The second-order valence-electron chi connectivity index (χ2n) is 9.05. The van der Waals surface area contributed by atoms with Crippen LogP contribution in [0.15, 0.2) is 59.5 Å². The van der Waals surface area contributed by atoms with Gasteiger partial charge in [-0.2, -0.15) is 4.31 Å². The number of piperidine rings is 1. The third-order valence-corrected chi connectivity index (χ3v) is 9.08. The molecular weight excluding hydrogens is 408 g/mol. The summed E-state index contributed by atoms with van der Waals surface area (Å²) in [5, 5.41) is 3.69. The quantitative estimate of drug-likeness (QED) is 0.687. The van der Waals surface area contributed by atoms with Crippen molar-refractivity contribution in [3.63, 3.8) is 0 Å². The van der Waals surface area contributed by atoms with Crippen molar-refractivity contribution in [3.05, 3.63) is 65.7 Å². The Kier molecular flexibility index (Phi) is 5.30. The van der Waals surface area contributed by atoms with Gasteiger partial charge in [0.05, 0.1) is 18.0 Å². The molecule has 1 aliphatic carbocycles. The van der Waals surface area contributed by atoms with E-state index in [0.29, 0.717) is 29.8 Å². The van der Waals surface area contributed by atoms with E-state index in [0.717, 1.165) is 41.8 Å². The third kappa shape index (κ3) is 3.56. The Labute approximate surface area is 185 Å². The number of hydrogen-bond donors (Lipinski definition) is 1. The van der Waals surface area contributed by atoms with E-state index in [9.17, 15) is 8.42 Å². The summed E-state index contributed by atoms with van der Waals surface area (Å²) >= 11 is 0. The first kappa shape index (κ1) is 20.6. The van der Waals surface area contributed by atoms with Crippen molar-refractivity contribution in [1.29, 1.82) is 0 Å². The topological polar surface area (TPSA) is 58.6 Å². The van der Waals surface area contributed by atoms with E-state index in [1.54, 1.807) is 17.5 Å². The zero-order valence-corrected chi connectivity index (χ0v) is 18.9. The number of fused-ring (bicyclic) bond motifs is 3. The largest absolute Gasteiger partial charge is 0.496 e. The number of methoxy groups -OCH3 is 1. The van der Waals surface area contributed by atoms with Gasteiger partial charge in [-0.15, -0.1) is 0 Å². The molecular formula is C25H30N2O3S. The Balaban J connectivity index is 1.50. The van der Waals surface area contributed by atoms with Crippen molar-refractivity contribution < 1.29 is 13.2 Å². The van der Waals surface area contributed by atoms with Crippen LogP contribution in [0, 0.1) is 11.8 Å². The number of anilines is 1. The highest BCUT2D eigenvalue weighted by Gasteiger charge is 2.40. The molecule has 2 aliphatic heterocycles. The van der Waals surface area contributed by atoms with Crippen LogP contribution in [0.2, 0.25) is 0 Å². The lowest BCUT2D eigenvalue weighted by molar-refractivity contribution is 0.288. The van der Waals surface area contributed by atoms with Crippen LogP contribution in [0.4, 0.5) is 5.69 Å². The maximum absolute atomic E-state index is 13.3. The summed E-state index contributed by atoms with van der Waals surface area (Å²) in [6, 6.07) is 13.9. The Morgan fingerprint density at radius 1 is 1.06 bits per heavy atom. The van der Waals surface area contributed by atoms with Gasteiger partial charge in [0.15, 0.2) is 0 Å². The van der Waals surface area contributed by atoms with E-state index in [2.05, 4.69) is 30.5 Å². The molecule has 5 nitrogen and oxygen atoms in total. The molecule has 5 rings (SSSR count). The van der Waals surface area contributed by atoms with Crippen molar-refractivity contribution >= 4 is 15.7 Å². The molecule has 3 unspecified atom stereocenters. The number of nitrogens with zero attached hydrogens (tertiary/aromatic N) is 1. The molecule has 0 radical (unpaired) electrons. The van der Waals surface area contributed by atoms with Gasteiger partial charge >= 0.3 is 0 Å². The predicted molar refractivity (Wildman–Crippen MR) is 123 cm³/mol. The van der Waals surface area contributed by atoms with Gasteiger partial charge in [0.1, 0.15) is 5.75 Å². The zero-order valence-electron chi connectivity index (χ0n) is 18.1. The van der Waals surface area contributed by atoms with Crippen LogP contribution in [0.1, 0.15) is 49.3 Å². The van der Waals surface area contributed by atoms with E-state index in [1.807, 2.05) is 30.3 Å². The van der Waals surface area contributed by atoms with Crippen molar-refractivity contribution in [2.45, 2.75) is 43.0 Å². The Bertz CT molecular complexity index is 1100. The molecule has 0 bridgehead atoms. The Morgan fingerprint density at radius 2 is 1.84 bits per heavy atom. The highest BCUT2D eigenvalue weighted by molar-refractivity contribution is 7.89. The highest BCUT2D eigenvalue weighted by Crippen LogP contribution is 2.51. The molecule has 1 fully saturated rings. The van der Waals surface area contributed by atoms with Gasteiger partial charge in [-0.05, 0) is 60.9 Å². The van der Waals surface area contributed by atoms with Gasteiger partial charge in [-0.1, -0.05) is 37.3 Å². The number of allylic oxidation sites excluding steroid dienone is 2. The fraction of sp³-hybridized carbons (Fsp3) is 0.440. The summed E-state index contributed by atoms with van der Waals surface area (Å²) in [6.07, 6.45) is 7.29. The van der Waals surface area contributed by atoms with Gasteiger partial charge in [0, 0.05) is 30.3 Å². The maximum atomic E-state index is 13.3.